The van der Waals surface area contributed by atoms with Crippen molar-refractivity contribution in [3.8, 4) is 0 Å². The highest BCUT2D eigenvalue weighted by Gasteiger charge is 2.33. The predicted octanol–water partition coefficient (Wildman–Crippen LogP) is 2.40. The fraction of sp³-hybridized carbons (Fsp3) is 0.667. The van der Waals surface area contributed by atoms with Crippen LogP contribution in [0.1, 0.15) is 25.7 Å². The molecule has 78 valence electrons. The van der Waals surface area contributed by atoms with E-state index in [0.717, 1.165) is 29.5 Å². The summed E-state index contributed by atoms with van der Waals surface area (Å²) in [7, 11) is 0. The number of aromatic nitrogens is 2. The summed E-state index contributed by atoms with van der Waals surface area (Å²) in [4.78, 5) is 4.22. The Kier molecular flexibility index (Phi) is 3.37. The van der Waals surface area contributed by atoms with Crippen molar-refractivity contribution < 1.29 is 5.11 Å². The third-order valence-electron chi connectivity index (χ3n) is 2.84. The normalized spacial score (nSPS) is 19.4. The molecule has 0 spiro atoms. The van der Waals surface area contributed by atoms with E-state index in [1.807, 2.05) is 6.33 Å². The third-order valence-corrected chi connectivity index (χ3v) is 5.79. The molecule has 5 heteroatoms. The molecule has 0 aliphatic heterocycles. The molecule has 1 N–H and O–H groups in total. The van der Waals surface area contributed by atoms with Gasteiger partial charge in [0.05, 0.1) is 11.9 Å². The van der Waals surface area contributed by atoms with Gasteiger partial charge < -0.3 is 9.67 Å². The van der Waals surface area contributed by atoms with Gasteiger partial charge in [0, 0.05) is 6.54 Å². The zero-order valence-corrected chi connectivity index (χ0v) is 12.0. The van der Waals surface area contributed by atoms with Crippen molar-refractivity contribution in [1.29, 1.82) is 0 Å². The van der Waals surface area contributed by atoms with Crippen molar-refractivity contribution >= 4 is 45.2 Å². The molecule has 14 heavy (non-hydrogen) atoms. The van der Waals surface area contributed by atoms with E-state index in [9.17, 15) is 5.11 Å². The van der Waals surface area contributed by atoms with Crippen LogP contribution < -0.4 is 0 Å². The standard InChI is InChI=1S/C9H12I2N2O/c10-7-8(11)13(6-12-7)5-4-9(14)2-1-3-9/h6,14H,1-5H2. The number of aliphatic hydroxyl groups is 1. The monoisotopic (exact) mass is 418 g/mol. The topological polar surface area (TPSA) is 38.0 Å². The van der Waals surface area contributed by atoms with Gasteiger partial charge in [-0.3, -0.25) is 0 Å². The summed E-state index contributed by atoms with van der Waals surface area (Å²) in [6, 6.07) is 0. The van der Waals surface area contributed by atoms with Gasteiger partial charge in [-0.15, -0.1) is 0 Å². The summed E-state index contributed by atoms with van der Waals surface area (Å²) in [6.07, 6.45) is 5.82. The van der Waals surface area contributed by atoms with Crippen molar-refractivity contribution in [3.05, 3.63) is 13.7 Å². The molecule has 0 bridgehead atoms. The van der Waals surface area contributed by atoms with Crippen LogP contribution >= 0.6 is 45.2 Å². The lowest BCUT2D eigenvalue weighted by atomic mass is 9.78. The van der Waals surface area contributed by atoms with E-state index >= 15 is 0 Å². The minimum atomic E-state index is -0.376. The van der Waals surface area contributed by atoms with Gasteiger partial charge in [0.2, 0.25) is 0 Å². The molecular weight excluding hydrogens is 406 g/mol. The molecule has 1 aromatic rings. The summed E-state index contributed by atoms with van der Waals surface area (Å²) in [5, 5.41) is 9.93. The molecule has 1 aliphatic rings. The Morgan fingerprint density at radius 3 is 2.64 bits per heavy atom. The molecule has 1 heterocycles. The number of hydrogen-bond acceptors (Lipinski definition) is 2. The molecule has 0 unspecified atom stereocenters. The number of aryl methyl sites for hydroxylation is 1. The number of nitrogens with zero attached hydrogens (tertiary/aromatic N) is 2. The Morgan fingerprint density at radius 1 is 1.50 bits per heavy atom. The van der Waals surface area contributed by atoms with Crippen LogP contribution in [0.4, 0.5) is 0 Å². The smallest absolute Gasteiger partial charge is 0.132 e. The van der Waals surface area contributed by atoms with Crippen molar-refractivity contribution in [3.63, 3.8) is 0 Å². The van der Waals surface area contributed by atoms with Gasteiger partial charge in [0.25, 0.3) is 0 Å². The zero-order valence-electron chi connectivity index (χ0n) is 7.71. The Bertz CT molecular complexity index is 334. The van der Waals surface area contributed by atoms with Gasteiger partial charge in [0.15, 0.2) is 0 Å². The third kappa shape index (κ3) is 2.24. The summed E-state index contributed by atoms with van der Waals surface area (Å²) in [6.45, 7) is 0.880. The van der Waals surface area contributed by atoms with E-state index in [-0.39, 0.29) is 5.60 Å². The van der Waals surface area contributed by atoms with Crippen molar-refractivity contribution in [2.24, 2.45) is 0 Å². The Labute approximate surface area is 111 Å². The van der Waals surface area contributed by atoms with Gasteiger partial charge in [-0.1, -0.05) is 0 Å². The second-order valence-electron chi connectivity index (χ2n) is 3.85. The van der Waals surface area contributed by atoms with Crippen LogP contribution in [0, 0.1) is 7.40 Å². The van der Waals surface area contributed by atoms with Crippen LogP contribution in [0.3, 0.4) is 0 Å². The molecule has 0 amide bonds. The van der Waals surface area contributed by atoms with E-state index in [1.165, 1.54) is 10.1 Å². The SMILES string of the molecule is OC1(CCn2cnc(I)c2I)CCC1. The number of imidazole rings is 1. The zero-order chi connectivity index (χ0) is 10.2. The molecule has 1 aliphatic carbocycles. The summed E-state index contributed by atoms with van der Waals surface area (Å²) in [5.41, 5.74) is -0.376. The fourth-order valence-corrected chi connectivity index (χ4v) is 2.60. The van der Waals surface area contributed by atoms with Crippen molar-refractivity contribution in [2.45, 2.75) is 37.8 Å². The highest BCUT2D eigenvalue weighted by molar-refractivity contribution is 14.1. The lowest BCUT2D eigenvalue weighted by Crippen LogP contribution is -2.37. The molecule has 3 nitrogen and oxygen atoms in total. The minimum Gasteiger partial charge on any atom is -0.390 e. The Morgan fingerprint density at radius 2 is 2.21 bits per heavy atom. The number of rotatable bonds is 3. The number of hydrogen-bond donors (Lipinski definition) is 1. The van der Waals surface area contributed by atoms with Gasteiger partial charge >= 0.3 is 0 Å². The van der Waals surface area contributed by atoms with Crippen LogP contribution in [0.5, 0.6) is 0 Å². The molecule has 2 rings (SSSR count). The first-order valence-electron chi connectivity index (χ1n) is 4.69. The highest BCUT2D eigenvalue weighted by atomic mass is 127. The fourth-order valence-electron chi connectivity index (χ4n) is 1.66. The van der Waals surface area contributed by atoms with Gasteiger partial charge in [-0.2, -0.15) is 0 Å². The average molecular weight is 418 g/mol. The minimum absolute atomic E-state index is 0.376. The van der Waals surface area contributed by atoms with Crippen molar-refractivity contribution in [2.75, 3.05) is 0 Å². The average Bonchev–Trinajstić information content (AvgIpc) is 2.42. The van der Waals surface area contributed by atoms with Crippen LogP contribution in [0.25, 0.3) is 0 Å². The largest absolute Gasteiger partial charge is 0.390 e. The molecule has 1 saturated carbocycles. The van der Waals surface area contributed by atoms with Crippen molar-refractivity contribution in [1.82, 2.24) is 9.55 Å². The van der Waals surface area contributed by atoms with Crippen LogP contribution in [-0.2, 0) is 6.54 Å². The summed E-state index contributed by atoms with van der Waals surface area (Å²) >= 11 is 4.52. The first-order chi connectivity index (χ1) is 6.61. The Balaban J connectivity index is 1.94. The molecule has 0 saturated heterocycles. The van der Waals surface area contributed by atoms with Gasteiger partial charge in [-0.25, -0.2) is 4.98 Å². The van der Waals surface area contributed by atoms with E-state index < -0.39 is 0 Å². The first kappa shape index (κ1) is 11.1. The molecule has 1 fully saturated rings. The molecule has 1 aromatic heterocycles. The molecule has 0 atom stereocenters. The lowest BCUT2D eigenvalue weighted by molar-refractivity contribution is -0.0433. The van der Waals surface area contributed by atoms with E-state index in [4.69, 9.17) is 0 Å². The van der Waals surface area contributed by atoms with Gasteiger partial charge in [-0.05, 0) is 70.9 Å². The van der Waals surface area contributed by atoms with Crippen LogP contribution in [0.2, 0.25) is 0 Å². The quantitative estimate of drug-likeness (QED) is 0.767. The summed E-state index contributed by atoms with van der Waals surface area (Å²) < 4.78 is 4.33. The predicted molar refractivity (Wildman–Crippen MR) is 71.1 cm³/mol. The molecule has 0 radical (unpaired) electrons. The maximum absolute atomic E-state index is 9.93. The number of halogens is 2. The molecular formula is C9H12I2N2O. The molecule has 0 aromatic carbocycles. The second-order valence-corrected chi connectivity index (χ2v) is 5.89. The highest BCUT2D eigenvalue weighted by Crippen LogP contribution is 2.35. The van der Waals surface area contributed by atoms with Gasteiger partial charge in [0.1, 0.15) is 7.40 Å². The maximum atomic E-state index is 9.93. The summed E-state index contributed by atoms with van der Waals surface area (Å²) in [5.74, 6) is 0. The van der Waals surface area contributed by atoms with Crippen LogP contribution in [0.15, 0.2) is 6.33 Å². The van der Waals surface area contributed by atoms with Crippen LogP contribution in [-0.4, -0.2) is 20.3 Å². The van der Waals surface area contributed by atoms with E-state index in [2.05, 4.69) is 54.7 Å². The van der Waals surface area contributed by atoms with E-state index in [0.29, 0.717) is 0 Å². The maximum Gasteiger partial charge on any atom is 0.132 e. The lowest BCUT2D eigenvalue weighted by Gasteiger charge is -2.36. The second kappa shape index (κ2) is 4.25. The first-order valence-corrected chi connectivity index (χ1v) is 6.85. The Hall–Kier alpha value is 0.630. The van der Waals surface area contributed by atoms with E-state index in [1.54, 1.807) is 0 Å².